The molecule has 5 heteroatoms. The van der Waals surface area contributed by atoms with Crippen LogP contribution in [-0.2, 0) is 13.0 Å². The third-order valence-electron chi connectivity index (χ3n) is 5.60. The van der Waals surface area contributed by atoms with Gasteiger partial charge < -0.3 is 4.90 Å². The molecule has 0 saturated heterocycles. The first-order chi connectivity index (χ1) is 13.5. The normalized spacial score (nSPS) is 16.6. The van der Waals surface area contributed by atoms with Gasteiger partial charge in [-0.15, -0.1) is 0 Å². The van der Waals surface area contributed by atoms with Gasteiger partial charge in [-0.05, 0) is 37.6 Å². The minimum Gasteiger partial charge on any atom is -0.339 e. The highest BCUT2D eigenvalue weighted by atomic mass is 16.2. The maximum absolute atomic E-state index is 12.9. The van der Waals surface area contributed by atoms with Crippen molar-refractivity contribution in [1.82, 2.24) is 20.0 Å². The van der Waals surface area contributed by atoms with Gasteiger partial charge in [0.1, 0.15) is 5.69 Å². The fraction of sp³-hybridized carbons (Fsp3) is 0.304. The number of amides is 1. The van der Waals surface area contributed by atoms with Gasteiger partial charge in [-0.2, -0.15) is 5.10 Å². The molecule has 5 nitrogen and oxygen atoms in total. The molecule has 1 aromatic heterocycles. The topological polar surface area (TPSA) is 52.2 Å². The molecule has 1 N–H and O–H groups in total. The molecule has 0 radical (unpaired) electrons. The van der Waals surface area contributed by atoms with Crippen molar-refractivity contribution >= 4 is 5.91 Å². The van der Waals surface area contributed by atoms with Gasteiger partial charge in [0, 0.05) is 31.7 Å². The van der Waals surface area contributed by atoms with Gasteiger partial charge in [-0.3, -0.25) is 14.8 Å². The predicted molar refractivity (Wildman–Crippen MR) is 111 cm³/mol. The number of nitrogens with one attached hydrogen (secondary N) is 1. The van der Waals surface area contributed by atoms with Crippen LogP contribution in [0, 0.1) is 6.92 Å². The Balaban J connectivity index is 1.45. The molecule has 0 aliphatic carbocycles. The van der Waals surface area contributed by atoms with Gasteiger partial charge in [0.25, 0.3) is 5.91 Å². The number of fused-ring (bicyclic) bond motifs is 1. The van der Waals surface area contributed by atoms with Gasteiger partial charge in [-0.25, -0.2) is 0 Å². The summed E-state index contributed by atoms with van der Waals surface area (Å²) in [5, 5.41) is 7.24. The summed E-state index contributed by atoms with van der Waals surface area (Å²) in [5.74, 6) is -0.0295. The second-order valence-electron chi connectivity index (χ2n) is 7.76. The van der Waals surface area contributed by atoms with Crippen LogP contribution >= 0.6 is 0 Å². The third-order valence-corrected chi connectivity index (χ3v) is 5.60. The maximum Gasteiger partial charge on any atom is 0.271 e. The Hall–Kier alpha value is -2.92. The molecule has 1 atom stereocenters. The first-order valence-electron chi connectivity index (χ1n) is 9.66. The Bertz CT molecular complexity index is 976. The van der Waals surface area contributed by atoms with E-state index in [4.69, 9.17) is 0 Å². The van der Waals surface area contributed by atoms with Gasteiger partial charge in [0.15, 0.2) is 0 Å². The van der Waals surface area contributed by atoms with Crippen molar-refractivity contribution in [3.05, 3.63) is 77.0 Å². The molecule has 144 valence electrons. The molecule has 0 spiro atoms. The van der Waals surface area contributed by atoms with Crippen molar-refractivity contribution in [3.8, 4) is 11.3 Å². The highest BCUT2D eigenvalue weighted by Crippen LogP contribution is 2.23. The minimum absolute atomic E-state index is 0.0295. The number of hydrogen-bond donors (Lipinski definition) is 1. The summed E-state index contributed by atoms with van der Waals surface area (Å²) in [6.07, 6.45) is 0.960. The van der Waals surface area contributed by atoms with Crippen molar-refractivity contribution < 1.29 is 4.79 Å². The number of likely N-dealkylation sites (N-methyl/N-ethyl adjacent to an activating group) is 2. The Morgan fingerprint density at radius 2 is 1.89 bits per heavy atom. The van der Waals surface area contributed by atoms with E-state index in [0.29, 0.717) is 18.3 Å². The summed E-state index contributed by atoms with van der Waals surface area (Å²) in [4.78, 5) is 17.0. The molecule has 1 aliphatic rings. The predicted octanol–water partition coefficient (Wildman–Crippen LogP) is 3.51. The van der Waals surface area contributed by atoms with E-state index in [1.54, 1.807) is 4.90 Å². The quantitative estimate of drug-likeness (QED) is 0.760. The summed E-state index contributed by atoms with van der Waals surface area (Å²) in [7, 11) is 3.99. The summed E-state index contributed by atoms with van der Waals surface area (Å²) in [5.41, 5.74) is 6.29. The molecule has 0 saturated carbocycles. The largest absolute Gasteiger partial charge is 0.339 e. The van der Waals surface area contributed by atoms with Crippen LogP contribution in [-0.4, -0.2) is 52.6 Å². The van der Waals surface area contributed by atoms with Crippen LogP contribution in [0.15, 0.2) is 54.6 Å². The second kappa shape index (κ2) is 7.60. The summed E-state index contributed by atoms with van der Waals surface area (Å²) < 4.78 is 0. The van der Waals surface area contributed by atoms with Crippen molar-refractivity contribution in [2.45, 2.75) is 25.9 Å². The number of aromatic amines is 1. The Morgan fingerprint density at radius 3 is 2.64 bits per heavy atom. The highest BCUT2D eigenvalue weighted by Gasteiger charge is 2.26. The lowest BCUT2D eigenvalue weighted by atomic mass is 9.94. The lowest BCUT2D eigenvalue weighted by molar-refractivity contribution is 0.0728. The Morgan fingerprint density at radius 1 is 1.18 bits per heavy atom. The van der Waals surface area contributed by atoms with E-state index in [1.165, 1.54) is 16.7 Å². The molecular formula is C23H26N4O. The number of carbonyl (C=O) groups excluding carboxylic acids is 1. The van der Waals surface area contributed by atoms with E-state index in [2.05, 4.69) is 53.3 Å². The zero-order valence-corrected chi connectivity index (χ0v) is 16.6. The smallest absolute Gasteiger partial charge is 0.271 e. The molecule has 2 heterocycles. The van der Waals surface area contributed by atoms with Crippen molar-refractivity contribution in [2.24, 2.45) is 0 Å². The standard InChI is InChI=1S/C23H26N4O/c1-16-8-10-17(11-9-16)21-13-22(25-24-21)23(28)27(3)15-20-12-18-6-4-5-7-19(18)14-26(20)2/h4-11,13,20H,12,14-15H2,1-3H3,(H,24,25)/t20-/m1/s1. The number of hydrogen-bond acceptors (Lipinski definition) is 3. The number of nitrogens with zero attached hydrogens (tertiary/aromatic N) is 3. The van der Waals surface area contributed by atoms with Crippen LogP contribution in [0.4, 0.5) is 0 Å². The zero-order valence-electron chi connectivity index (χ0n) is 16.6. The van der Waals surface area contributed by atoms with Crippen LogP contribution in [0.5, 0.6) is 0 Å². The second-order valence-corrected chi connectivity index (χ2v) is 7.76. The van der Waals surface area contributed by atoms with E-state index in [0.717, 1.165) is 24.2 Å². The zero-order chi connectivity index (χ0) is 19.7. The number of H-pyrrole nitrogens is 1. The fourth-order valence-corrected chi connectivity index (χ4v) is 3.83. The van der Waals surface area contributed by atoms with Crippen molar-refractivity contribution in [1.29, 1.82) is 0 Å². The molecule has 1 amide bonds. The summed E-state index contributed by atoms with van der Waals surface area (Å²) >= 11 is 0. The number of rotatable bonds is 4. The SMILES string of the molecule is Cc1ccc(-c2cc(C(=O)N(C)C[C@H]3Cc4ccccc4CN3C)[nH]n2)cc1. The molecule has 4 rings (SSSR count). The van der Waals surface area contributed by atoms with Gasteiger partial charge in [-0.1, -0.05) is 54.1 Å². The van der Waals surface area contributed by atoms with Gasteiger partial charge in [0.2, 0.25) is 0 Å². The van der Waals surface area contributed by atoms with Crippen LogP contribution in [0.25, 0.3) is 11.3 Å². The monoisotopic (exact) mass is 374 g/mol. The van der Waals surface area contributed by atoms with E-state index in [-0.39, 0.29) is 5.91 Å². The maximum atomic E-state index is 12.9. The molecule has 28 heavy (non-hydrogen) atoms. The highest BCUT2D eigenvalue weighted by molar-refractivity contribution is 5.93. The van der Waals surface area contributed by atoms with Crippen LogP contribution in [0.3, 0.4) is 0 Å². The molecule has 2 aromatic carbocycles. The molecule has 1 aliphatic heterocycles. The molecule has 3 aromatic rings. The summed E-state index contributed by atoms with van der Waals surface area (Å²) in [6.45, 7) is 3.66. The first kappa shape index (κ1) is 18.4. The van der Waals surface area contributed by atoms with E-state index >= 15 is 0 Å². The summed E-state index contributed by atoms with van der Waals surface area (Å²) in [6, 6.07) is 18.9. The molecule has 0 bridgehead atoms. The first-order valence-corrected chi connectivity index (χ1v) is 9.66. The molecular weight excluding hydrogens is 348 g/mol. The third kappa shape index (κ3) is 3.71. The van der Waals surface area contributed by atoms with Gasteiger partial charge >= 0.3 is 0 Å². The Kier molecular flexibility index (Phi) is 5.01. The van der Waals surface area contributed by atoms with E-state index in [1.807, 2.05) is 37.4 Å². The van der Waals surface area contributed by atoms with Crippen molar-refractivity contribution in [3.63, 3.8) is 0 Å². The van der Waals surface area contributed by atoms with E-state index < -0.39 is 0 Å². The number of carbonyl (C=O) groups is 1. The lowest BCUT2D eigenvalue weighted by Crippen LogP contribution is -2.46. The van der Waals surface area contributed by atoms with Crippen LogP contribution in [0.1, 0.15) is 27.2 Å². The van der Waals surface area contributed by atoms with Crippen LogP contribution in [0.2, 0.25) is 0 Å². The van der Waals surface area contributed by atoms with Gasteiger partial charge in [0.05, 0.1) is 5.69 Å². The number of aromatic nitrogens is 2. The Labute approximate surface area is 166 Å². The lowest BCUT2D eigenvalue weighted by Gasteiger charge is -2.36. The molecule has 0 unspecified atom stereocenters. The van der Waals surface area contributed by atoms with Crippen LogP contribution < -0.4 is 0 Å². The average Bonchev–Trinajstić information content (AvgIpc) is 3.18. The average molecular weight is 374 g/mol. The van der Waals surface area contributed by atoms with Crippen molar-refractivity contribution in [2.75, 3.05) is 20.6 Å². The van der Waals surface area contributed by atoms with E-state index in [9.17, 15) is 4.79 Å². The number of aryl methyl sites for hydroxylation is 1. The number of benzene rings is 2. The minimum atomic E-state index is -0.0295. The fourth-order valence-electron chi connectivity index (χ4n) is 3.83. The molecule has 0 fully saturated rings.